The van der Waals surface area contributed by atoms with Crippen LogP contribution in [0.4, 0.5) is 17.2 Å². The van der Waals surface area contributed by atoms with Gasteiger partial charge < -0.3 is 15.2 Å². The van der Waals surface area contributed by atoms with Crippen molar-refractivity contribution in [3.05, 3.63) is 59.4 Å². The molecule has 4 heterocycles. The van der Waals surface area contributed by atoms with Gasteiger partial charge in [0.15, 0.2) is 0 Å². The van der Waals surface area contributed by atoms with Gasteiger partial charge in [-0.2, -0.15) is 0 Å². The number of aromatic nitrogens is 3. The Bertz CT molecular complexity index is 873. The third kappa shape index (κ3) is 3.52. The Labute approximate surface area is 152 Å². The summed E-state index contributed by atoms with van der Waals surface area (Å²) in [5, 5.41) is 10.9. The van der Waals surface area contributed by atoms with Crippen LogP contribution in [0.1, 0.15) is 22.6 Å². The average molecular weight is 350 g/mol. The predicted molar refractivity (Wildman–Crippen MR) is 100 cm³/mol. The van der Waals surface area contributed by atoms with Crippen LogP contribution < -0.4 is 10.6 Å². The zero-order chi connectivity index (χ0) is 17.9. The molecule has 26 heavy (non-hydrogen) atoms. The van der Waals surface area contributed by atoms with Gasteiger partial charge in [-0.3, -0.25) is 9.88 Å². The van der Waals surface area contributed by atoms with Crippen molar-refractivity contribution in [3.63, 3.8) is 0 Å². The molecule has 0 spiro atoms. The molecule has 0 saturated heterocycles. The summed E-state index contributed by atoms with van der Waals surface area (Å²) < 4.78 is 5.29. The molecule has 3 aromatic rings. The van der Waals surface area contributed by atoms with Gasteiger partial charge in [-0.15, -0.1) is 0 Å². The third-order valence-corrected chi connectivity index (χ3v) is 4.62. The summed E-state index contributed by atoms with van der Waals surface area (Å²) in [6.07, 6.45) is 5.48. The van der Waals surface area contributed by atoms with E-state index in [0.717, 1.165) is 54.8 Å². The van der Waals surface area contributed by atoms with E-state index in [0.29, 0.717) is 0 Å². The van der Waals surface area contributed by atoms with Gasteiger partial charge in [-0.05, 0) is 26.0 Å². The third-order valence-electron chi connectivity index (χ3n) is 4.62. The minimum atomic E-state index is 0.809. The molecule has 1 aliphatic heterocycles. The predicted octanol–water partition coefficient (Wildman–Crippen LogP) is 3.25. The van der Waals surface area contributed by atoms with Crippen LogP contribution in [0.15, 0.2) is 41.3 Å². The molecule has 4 rings (SSSR count). The minimum absolute atomic E-state index is 0.809. The second-order valence-corrected chi connectivity index (χ2v) is 6.53. The van der Waals surface area contributed by atoms with Gasteiger partial charge in [0.2, 0.25) is 0 Å². The SMILES string of the molecule is Cc1noc(C)c1CN1CCNc2cc(Nc3cccnc3)ncc2C1. The van der Waals surface area contributed by atoms with Crippen LogP contribution >= 0.6 is 0 Å². The number of nitrogens with one attached hydrogen (secondary N) is 2. The van der Waals surface area contributed by atoms with Crippen LogP contribution in [0.5, 0.6) is 0 Å². The topological polar surface area (TPSA) is 79.1 Å². The van der Waals surface area contributed by atoms with Gasteiger partial charge >= 0.3 is 0 Å². The Kier molecular flexibility index (Phi) is 4.53. The summed E-state index contributed by atoms with van der Waals surface area (Å²) in [5.41, 5.74) is 5.37. The van der Waals surface area contributed by atoms with E-state index in [1.165, 1.54) is 11.1 Å². The highest BCUT2D eigenvalue weighted by Gasteiger charge is 2.18. The van der Waals surface area contributed by atoms with Crippen LogP contribution in [0.2, 0.25) is 0 Å². The van der Waals surface area contributed by atoms with Gasteiger partial charge in [-0.1, -0.05) is 5.16 Å². The van der Waals surface area contributed by atoms with Gasteiger partial charge in [0.25, 0.3) is 0 Å². The molecule has 7 nitrogen and oxygen atoms in total. The lowest BCUT2D eigenvalue weighted by atomic mass is 10.1. The Balaban J connectivity index is 1.50. The zero-order valence-electron chi connectivity index (χ0n) is 15.0. The summed E-state index contributed by atoms with van der Waals surface area (Å²) >= 11 is 0. The molecule has 0 unspecified atom stereocenters. The monoisotopic (exact) mass is 350 g/mol. The Morgan fingerprint density at radius 3 is 3.00 bits per heavy atom. The van der Waals surface area contributed by atoms with Crippen molar-refractivity contribution in [1.82, 2.24) is 20.0 Å². The lowest BCUT2D eigenvalue weighted by Gasteiger charge is -2.19. The highest BCUT2D eigenvalue weighted by Crippen LogP contribution is 2.25. The first kappa shape index (κ1) is 16.5. The maximum absolute atomic E-state index is 5.29. The van der Waals surface area contributed by atoms with Crippen molar-refractivity contribution in [2.24, 2.45) is 0 Å². The molecule has 0 bridgehead atoms. The number of aryl methyl sites for hydroxylation is 2. The van der Waals surface area contributed by atoms with Crippen molar-refractivity contribution in [2.75, 3.05) is 23.7 Å². The van der Waals surface area contributed by atoms with Crippen LogP contribution in [0, 0.1) is 13.8 Å². The molecule has 7 heteroatoms. The summed E-state index contributed by atoms with van der Waals surface area (Å²) in [5.74, 6) is 1.71. The van der Waals surface area contributed by atoms with Crippen LogP contribution in [-0.2, 0) is 13.1 Å². The largest absolute Gasteiger partial charge is 0.383 e. The van der Waals surface area contributed by atoms with Crippen LogP contribution in [-0.4, -0.2) is 33.1 Å². The van der Waals surface area contributed by atoms with Crippen molar-refractivity contribution in [3.8, 4) is 0 Å². The van der Waals surface area contributed by atoms with Crippen molar-refractivity contribution >= 4 is 17.2 Å². The molecular formula is C19H22N6O. The fraction of sp³-hybridized carbons (Fsp3) is 0.316. The maximum atomic E-state index is 5.29. The van der Waals surface area contributed by atoms with E-state index in [1.807, 2.05) is 32.2 Å². The van der Waals surface area contributed by atoms with Crippen molar-refractivity contribution < 1.29 is 4.52 Å². The lowest BCUT2D eigenvalue weighted by molar-refractivity contribution is 0.269. The van der Waals surface area contributed by atoms with Gasteiger partial charge in [0, 0.05) is 61.5 Å². The number of fused-ring (bicyclic) bond motifs is 1. The molecule has 0 aliphatic carbocycles. The van der Waals surface area contributed by atoms with Crippen LogP contribution in [0.25, 0.3) is 0 Å². The first-order valence-electron chi connectivity index (χ1n) is 8.73. The van der Waals surface area contributed by atoms with E-state index in [-0.39, 0.29) is 0 Å². The van der Waals surface area contributed by atoms with Crippen molar-refractivity contribution in [2.45, 2.75) is 26.9 Å². The highest BCUT2D eigenvalue weighted by atomic mass is 16.5. The molecule has 0 atom stereocenters. The quantitative estimate of drug-likeness (QED) is 0.747. The zero-order valence-corrected chi connectivity index (χ0v) is 15.0. The van der Waals surface area contributed by atoms with Gasteiger partial charge in [-0.25, -0.2) is 4.98 Å². The normalized spacial score (nSPS) is 14.4. The van der Waals surface area contributed by atoms with E-state index in [1.54, 1.807) is 12.4 Å². The summed E-state index contributed by atoms with van der Waals surface area (Å²) in [7, 11) is 0. The molecule has 3 aromatic heterocycles. The minimum Gasteiger partial charge on any atom is -0.383 e. The van der Waals surface area contributed by atoms with Gasteiger partial charge in [0.1, 0.15) is 11.6 Å². The van der Waals surface area contributed by atoms with Crippen molar-refractivity contribution in [1.29, 1.82) is 0 Å². The van der Waals surface area contributed by atoms with E-state index in [4.69, 9.17) is 4.52 Å². The first-order chi connectivity index (χ1) is 12.7. The Morgan fingerprint density at radius 2 is 2.23 bits per heavy atom. The summed E-state index contributed by atoms with van der Waals surface area (Å²) in [6, 6.07) is 5.93. The lowest BCUT2D eigenvalue weighted by Crippen LogP contribution is -2.26. The molecule has 0 radical (unpaired) electrons. The van der Waals surface area contributed by atoms with Gasteiger partial charge in [0.05, 0.1) is 17.6 Å². The van der Waals surface area contributed by atoms with E-state index < -0.39 is 0 Å². The Hall–Kier alpha value is -2.93. The number of nitrogens with zero attached hydrogens (tertiary/aromatic N) is 4. The maximum Gasteiger partial charge on any atom is 0.138 e. The standard InChI is InChI=1S/C19H22N6O/c1-13-17(14(2)26-24-13)12-25-7-6-21-18-8-19(22-9-15(18)11-25)23-16-4-3-5-20-10-16/h3-5,8-10,21H,6-7,11-12H2,1-2H3,(H,22,23). The smallest absolute Gasteiger partial charge is 0.138 e. The fourth-order valence-electron chi connectivity index (χ4n) is 3.18. The second kappa shape index (κ2) is 7.13. The second-order valence-electron chi connectivity index (χ2n) is 6.53. The molecule has 0 fully saturated rings. The molecule has 1 aliphatic rings. The molecule has 0 aromatic carbocycles. The first-order valence-corrected chi connectivity index (χ1v) is 8.73. The van der Waals surface area contributed by atoms with E-state index in [2.05, 4.69) is 36.7 Å². The fourth-order valence-corrected chi connectivity index (χ4v) is 3.18. The number of hydrogen-bond acceptors (Lipinski definition) is 7. The highest BCUT2D eigenvalue weighted by molar-refractivity contribution is 5.63. The molecular weight excluding hydrogens is 328 g/mol. The average Bonchev–Trinajstić information content (AvgIpc) is 2.85. The number of anilines is 3. The molecule has 134 valence electrons. The molecule has 0 amide bonds. The number of hydrogen-bond donors (Lipinski definition) is 2. The summed E-state index contributed by atoms with van der Waals surface area (Å²) in [6.45, 7) is 7.46. The number of rotatable bonds is 4. The molecule has 2 N–H and O–H groups in total. The Morgan fingerprint density at radius 1 is 1.31 bits per heavy atom. The number of pyridine rings is 2. The van der Waals surface area contributed by atoms with Crippen LogP contribution in [0.3, 0.4) is 0 Å². The van der Waals surface area contributed by atoms with E-state index in [9.17, 15) is 0 Å². The molecule has 0 saturated carbocycles. The summed E-state index contributed by atoms with van der Waals surface area (Å²) in [4.78, 5) is 11.1. The van der Waals surface area contributed by atoms with E-state index >= 15 is 0 Å².